The van der Waals surface area contributed by atoms with Gasteiger partial charge >= 0.3 is 6.03 Å². The summed E-state index contributed by atoms with van der Waals surface area (Å²) >= 11 is 0. The lowest BCUT2D eigenvalue weighted by atomic mass is 9.79. The molecular weight excluding hydrogens is 252 g/mol. The van der Waals surface area contributed by atoms with Crippen LogP contribution in [0.3, 0.4) is 0 Å². The molecule has 2 N–H and O–H groups in total. The fraction of sp³-hybridized carbons (Fsp3) is 0.562. The molecule has 0 heterocycles. The molecule has 0 bridgehead atoms. The molecule has 2 amide bonds. The average molecular weight is 276 g/mol. The van der Waals surface area contributed by atoms with Crippen molar-refractivity contribution in [3.63, 3.8) is 0 Å². The molecule has 0 saturated heterocycles. The van der Waals surface area contributed by atoms with Crippen molar-refractivity contribution in [1.82, 2.24) is 10.2 Å². The number of carbonyl (C=O) groups is 1. The predicted octanol–water partition coefficient (Wildman–Crippen LogP) is 2.13. The van der Waals surface area contributed by atoms with Gasteiger partial charge in [0.1, 0.15) is 0 Å². The maximum Gasteiger partial charge on any atom is 0.317 e. The summed E-state index contributed by atoms with van der Waals surface area (Å²) in [6, 6.07) is 10.4. The number of hydrogen-bond donors (Lipinski definition) is 2. The van der Waals surface area contributed by atoms with Crippen LogP contribution in [0, 0.1) is 0 Å². The summed E-state index contributed by atoms with van der Waals surface area (Å²) in [6.07, 6.45) is 4.69. The zero-order valence-corrected chi connectivity index (χ0v) is 12.1. The van der Waals surface area contributed by atoms with Crippen LogP contribution in [0.5, 0.6) is 0 Å². The lowest BCUT2D eigenvalue weighted by Gasteiger charge is -2.31. The van der Waals surface area contributed by atoms with Crippen molar-refractivity contribution in [2.45, 2.75) is 31.1 Å². The van der Waals surface area contributed by atoms with Gasteiger partial charge in [-0.2, -0.15) is 0 Å². The van der Waals surface area contributed by atoms with E-state index in [0.717, 1.165) is 12.8 Å². The number of nitrogens with zero attached hydrogens (tertiary/aromatic N) is 1. The van der Waals surface area contributed by atoms with E-state index in [4.69, 9.17) is 5.11 Å². The summed E-state index contributed by atoms with van der Waals surface area (Å²) in [5.41, 5.74) is 1.40. The highest BCUT2D eigenvalue weighted by atomic mass is 16.3. The third kappa shape index (κ3) is 3.31. The predicted molar refractivity (Wildman–Crippen MR) is 79.7 cm³/mol. The van der Waals surface area contributed by atoms with Crippen molar-refractivity contribution in [3.05, 3.63) is 35.9 Å². The van der Waals surface area contributed by atoms with Gasteiger partial charge in [-0.15, -0.1) is 0 Å². The number of aliphatic hydroxyl groups excluding tert-OH is 1. The highest BCUT2D eigenvalue weighted by Gasteiger charge is 2.35. The first kappa shape index (κ1) is 14.9. The Morgan fingerprint density at radius 2 is 1.95 bits per heavy atom. The van der Waals surface area contributed by atoms with Gasteiger partial charge in [0.05, 0.1) is 6.61 Å². The van der Waals surface area contributed by atoms with Gasteiger partial charge in [0.25, 0.3) is 0 Å². The molecule has 0 aliphatic heterocycles. The molecule has 1 fully saturated rings. The normalized spacial score (nSPS) is 16.9. The fourth-order valence-corrected chi connectivity index (χ4v) is 3.04. The van der Waals surface area contributed by atoms with Gasteiger partial charge in [-0.1, -0.05) is 43.2 Å². The highest BCUT2D eigenvalue weighted by Crippen LogP contribution is 2.40. The van der Waals surface area contributed by atoms with E-state index in [1.165, 1.54) is 23.3 Å². The Morgan fingerprint density at radius 1 is 1.30 bits per heavy atom. The second kappa shape index (κ2) is 6.75. The van der Waals surface area contributed by atoms with Crippen molar-refractivity contribution in [2.24, 2.45) is 0 Å². The van der Waals surface area contributed by atoms with Gasteiger partial charge in [-0.25, -0.2) is 4.79 Å². The summed E-state index contributed by atoms with van der Waals surface area (Å²) < 4.78 is 0. The third-order valence-electron chi connectivity index (χ3n) is 4.31. The third-order valence-corrected chi connectivity index (χ3v) is 4.31. The fourth-order valence-electron chi connectivity index (χ4n) is 3.04. The number of benzene rings is 1. The van der Waals surface area contributed by atoms with Crippen molar-refractivity contribution in [3.8, 4) is 0 Å². The molecular formula is C16H24N2O2. The number of likely N-dealkylation sites (N-methyl/N-ethyl adjacent to an activating group) is 1. The molecule has 1 aliphatic rings. The maximum absolute atomic E-state index is 12.0. The molecule has 0 spiro atoms. The summed E-state index contributed by atoms with van der Waals surface area (Å²) in [6.45, 7) is 1.03. The standard InChI is InChI=1S/C16H24N2O2/c1-18(11-12-19)15(20)17-13-16(9-5-6-10-16)14-7-3-2-4-8-14/h2-4,7-8,19H,5-6,9-13H2,1H3,(H,17,20). The monoisotopic (exact) mass is 276 g/mol. The molecule has 20 heavy (non-hydrogen) atoms. The quantitative estimate of drug-likeness (QED) is 0.865. The van der Waals surface area contributed by atoms with Crippen molar-refractivity contribution in [2.75, 3.05) is 26.7 Å². The number of nitrogens with one attached hydrogen (secondary N) is 1. The van der Waals surface area contributed by atoms with Gasteiger partial charge in [0, 0.05) is 25.6 Å². The van der Waals surface area contributed by atoms with E-state index in [0.29, 0.717) is 13.1 Å². The second-order valence-corrected chi connectivity index (χ2v) is 5.66. The zero-order valence-electron chi connectivity index (χ0n) is 12.1. The molecule has 1 aliphatic carbocycles. The van der Waals surface area contributed by atoms with Crippen LogP contribution in [0.1, 0.15) is 31.2 Å². The molecule has 2 rings (SSSR count). The highest BCUT2D eigenvalue weighted by molar-refractivity contribution is 5.74. The minimum Gasteiger partial charge on any atom is -0.395 e. The van der Waals surface area contributed by atoms with E-state index < -0.39 is 0 Å². The van der Waals surface area contributed by atoms with E-state index in [-0.39, 0.29) is 18.1 Å². The lowest BCUT2D eigenvalue weighted by molar-refractivity contribution is 0.188. The van der Waals surface area contributed by atoms with Gasteiger partial charge < -0.3 is 15.3 Å². The first-order valence-electron chi connectivity index (χ1n) is 7.33. The van der Waals surface area contributed by atoms with Gasteiger partial charge in [-0.3, -0.25) is 0 Å². The smallest absolute Gasteiger partial charge is 0.317 e. The number of carbonyl (C=O) groups excluding carboxylic acids is 1. The Labute approximate surface area is 120 Å². The van der Waals surface area contributed by atoms with Crippen molar-refractivity contribution in [1.29, 1.82) is 0 Å². The molecule has 0 aromatic heterocycles. The summed E-state index contributed by atoms with van der Waals surface area (Å²) in [4.78, 5) is 13.5. The summed E-state index contributed by atoms with van der Waals surface area (Å²) in [7, 11) is 1.70. The number of rotatable bonds is 5. The average Bonchev–Trinajstić information content (AvgIpc) is 2.96. The molecule has 1 aromatic rings. The van der Waals surface area contributed by atoms with E-state index in [1.807, 2.05) is 6.07 Å². The van der Waals surface area contributed by atoms with Crippen LogP contribution in [0.25, 0.3) is 0 Å². The number of aliphatic hydroxyl groups is 1. The van der Waals surface area contributed by atoms with E-state index in [1.54, 1.807) is 7.05 Å². The van der Waals surface area contributed by atoms with Crippen molar-refractivity contribution >= 4 is 6.03 Å². The maximum atomic E-state index is 12.0. The molecule has 1 aromatic carbocycles. The molecule has 0 atom stereocenters. The molecule has 0 unspecified atom stereocenters. The second-order valence-electron chi connectivity index (χ2n) is 5.66. The Bertz CT molecular complexity index is 427. The molecule has 0 radical (unpaired) electrons. The minimum absolute atomic E-state index is 0.00620. The number of urea groups is 1. The van der Waals surface area contributed by atoms with Crippen LogP contribution in [0.15, 0.2) is 30.3 Å². The Kier molecular flexibility index (Phi) is 5.01. The minimum atomic E-state index is -0.110. The SMILES string of the molecule is CN(CCO)C(=O)NCC1(c2ccccc2)CCCC1. The van der Waals surface area contributed by atoms with Gasteiger partial charge in [0.15, 0.2) is 0 Å². The van der Waals surface area contributed by atoms with Crippen LogP contribution in [0.2, 0.25) is 0 Å². The van der Waals surface area contributed by atoms with Crippen molar-refractivity contribution < 1.29 is 9.90 Å². The first-order valence-corrected chi connectivity index (χ1v) is 7.33. The molecule has 1 saturated carbocycles. The van der Waals surface area contributed by atoms with Crippen LogP contribution in [0.4, 0.5) is 4.79 Å². The van der Waals surface area contributed by atoms with Crippen LogP contribution < -0.4 is 5.32 Å². The Morgan fingerprint density at radius 3 is 2.55 bits per heavy atom. The zero-order chi connectivity index (χ0) is 14.4. The summed E-state index contributed by atoms with van der Waals surface area (Å²) in [5, 5.41) is 11.9. The van der Waals surface area contributed by atoms with Crippen LogP contribution >= 0.6 is 0 Å². The number of amides is 2. The van der Waals surface area contributed by atoms with E-state index in [9.17, 15) is 4.79 Å². The molecule has 4 nitrogen and oxygen atoms in total. The number of hydrogen-bond acceptors (Lipinski definition) is 2. The van der Waals surface area contributed by atoms with E-state index >= 15 is 0 Å². The molecule has 110 valence electrons. The Hall–Kier alpha value is -1.55. The first-order chi connectivity index (χ1) is 9.68. The van der Waals surface area contributed by atoms with Crippen LogP contribution in [-0.4, -0.2) is 42.8 Å². The Balaban J connectivity index is 2.02. The van der Waals surface area contributed by atoms with Gasteiger partial charge in [-0.05, 0) is 18.4 Å². The summed E-state index contributed by atoms with van der Waals surface area (Å²) in [5.74, 6) is 0. The topological polar surface area (TPSA) is 52.6 Å². The van der Waals surface area contributed by atoms with Gasteiger partial charge in [0.2, 0.25) is 0 Å². The van der Waals surface area contributed by atoms with E-state index in [2.05, 4.69) is 29.6 Å². The lowest BCUT2D eigenvalue weighted by Crippen LogP contribution is -2.45. The largest absolute Gasteiger partial charge is 0.395 e. The molecule has 4 heteroatoms. The van der Waals surface area contributed by atoms with Crippen LogP contribution in [-0.2, 0) is 5.41 Å².